The van der Waals surface area contributed by atoms with Crippen molar-refractivity contribution in [3.8, 4) is 0 Å². The molecule has 1 aliphatic heterocycles. The van der Waals surface area contributed by atoms with Gasteiger partial charge >= 0.3 is 0 Å². The number of piperidine rings is 1. The van der Waals surface area contributed by atoms with Gasteiger partial charge in [0.2, 0.25) is 11.8 Å². The van der Waals surface area contributed by atoms with E-state index in [1.165, 1.54) is 4.90 Å². The fourth-order valence-electron chi connectivity index (χ4n) is 3.19. The van der Waals surface area contributed by atoms with Crippen molar-refractivity contribution in [2.75, 3.05) is 0 Å². The Morgan fingerprint density at radius 1 is 1.18 bits per heavy atom. The van der Waals surface area contributed by atoms with E-state index in [4.69, 9.17) is 18.0 Å². The summed E-state index contributed by atoms with van der Waals surface area (Å²) in [7, 11) is 0. The Morgan fingerprint density at radius 2 is 1.71 bits per heavy atom. The summed E-state index contributed by atoms with van der Waals surface area (Å²) in [5.41, 5.74) is 5.73. The van der Waals surface area contributed by atoms with Crippen LogP contribution in [-0.2, 0) is 9.59 Å². The number of fused-ring (bicyclic) bond motifs is 2. The number of carbonyl (C=O) groups is 2. The van der Waals surface area contributed by atoms with Crippen molar-refractivity contribution in [3.63, 3.8) is 0 Å². The van der Waals surface area contributed by atoms with E-state index in [-0.39, 0.29) is 29.7 Å². The molecule has 3 fully saturated rings. The molecule has 2 N–H and O–H groups in total. The lowest BCUT2D eigenvalue weighted by molar-refractivity contribution is -0.154. The summed E-state index contributed by atoms with van der Waals surface area (Å²) in [6.45, 7) is 0. The molecule has 2 aliphatic carbocycles. The summed E-state index contributed by atoms with van der Waals surface area (Å²) < 4.78 is 0. The van der Waals surface area contributed by atoms with E-state index in [9.17, 15) is 9.59 Å². The molecule has 0 aromatic heterocycles. The summed E-state index contributed by atoms with van der Waals surface area (Å²) in [6.07, 6.45) is 4.48. The zero-order valence-corrected chi connectivity index (χ0v) is 10.4. The van der Waals surface area contributed by atoms with Gasteiger partial charge in [-0.1, -0.05) is 12.2 Å². The molecule has 1 heterocycles. The smallest absolute Gasteiger partial charge is 0.232 e. The molecule has 0 spiro atoms. The van der Waals surface area contributed by atoms with E-state index in [0.717, 1.165) is 32.1 Å². The molecule has 5 heteroatoms. The van der Waals surface area contributed by atoms with Gasteiger partial charge in [0.15, 0.2) is 0 Å². The fraction of sp³-hybridized carbons (Fsp3) is 0.750. The number of imide groups is 1. The molecule has 1 saturated heterocycles. The number of likely N-dealkylation sites (tertiary alicyclic amines) is 1. The maximum atomic E-state index is 12.3. The van der Waals surface area contributed by atoms with Crippen molar-refractivity contribution < 1.29 is 9.59 Å². The molecule has 2 bridgehead atoms. The first-order valence-corrected chi connectivity index (χ1v) is 6.66. The van der Waals surface area contributed by atoms with Crippen LogP contribution < -0.4 is 5.73 Å². The third-order valence-corrected chi connectivity index (χ3v) is 4.49. The first-order chi connectivity index (χ1) is 8.09. The molecule has 0 aromatic rings. The van der Waals surface area contributed by atoms with Crippen LogP contribution in [0.25, 0.3) is 0 Å². The summed E-state index contributed by atoms with van der Waals surface area (Å²) in [5.74, 6) is 0.321. The van der Waals surface area contributed by atoms with Crippen molar-refractivity contribution in [1.29, 1.82) is 0 Å². The lowest BCUT2D eigenvalue weighted by atomic mass is 9.94. The van der Waals surface area contributed by atoms with Gasteiger partial charge in [-0.2, -0.15) is 0 Å². The number of hydrogen-bond donors (Lipinski definition) is 1. The predicted molar refractivity (Wildman–Crippen MR) is 66.0 cm³/mol. The number of thiocarbonyl (C=S) groups is 1. The number of rotatable bonds is 3. The molecule has 3 atom stereocenters. The predicted octanol–water partition coefficient (Wildman–Crippen LogP) is 0.836. The fourth-order valence-corrected chi connectivity index (χ4v) is 3.49. The van der Waals surface area contributed by atoms with Gasteiger partial charge in [0.1, 0.15) is 0 Å². The molecule has 4 nitrogen and oxygen atoms in total. The Hall–Kier alpha value is -0.970. The first-order valence-electron chi connectivity index (χ1n) is 6.26. The molecule has 0 radical (unpaired) electrons. The van der Waals surface area contributed by atoms with Crippen LogP contribution in [0.1, 0.15) is 32.1 Å². The molecule has 3 unspecified atom stereocenters. The van der Waals surface area contributed by atoms with Crippen LogP contribution >= 0.6 is 12.2 Å². The Balaban J connectivity index is 1.92. The first kappa shape index (κ1) is 11.1. The van der Waals surface area contributed by atoms with Crippen LogP contribution in [0.15, 0.2) is 0 Å². The second kappa shape index (κ2) is 3.77. The van der Waals surface area contributed by atoms with Gasteiger partial charge in [0, 0.05) is 11.8 Å². The van der Waals surface area contributed by atoms with E-state index in [2.05, 4.69) is 0 Å². The highest BCUT2D eigenvalue weighted by atomic mass is 32.1. The molecular weight excluding hydrogens is 236 g/mol. The number of hydrogen-bond acceptors (Lipinski definition) is 3. The second-order valence-corrected chi connectivity index (χ2v) is 5.91. The molecule has 3 aliphatic rings. The Bertz CT molecular complexity index is 383. The second-order valence-electron chi connectivity index (χ2n) is 5.44. The maximum Gasteiger partial charge on any atom is 0.232 e. The van der Waals surface area contributed by atoms with Gasteiger partial charge in [-0.25, -0.2) is 0 Å². The minimum Gasteiger partial charge on any atom is -0.392 e. The quantitative estimate of drug-likeness (QED) is 0.597. The normalized spacial score (nSPS) is 34.0. The largest absolute Gasteiger partial charge is 0.392 e. The minimum absolute atomic E-state index is 0.0338. The highest BCUT2D eigenvalue weighted by Crippen LogP contribution is 2.43. The molecule has 2 amide bonds. The average molecular weight is 252 g/mol. The third kappa shape index (κ3) is 1.68. The van der Waals surface area contributed by atoms with E-state index >= 15 is 0 Å². The molecule has 17 heavy (non-hydrogen) atoms. The number of amides is 2. The van der Waals surface area contributed by atoms with Crippen molar-refractivity contribution in [2.24, 2.45) is 23.5 Å². The van der Waals surface area contributed by atoms with Crippen LogP contribution in [0.4, 0.5) is 0 Å². The molecule has 2 saturated carbocycles. The number of nitrogens with two attached hydrogens (primary N) is 1. The van der Waals surface area contributed by atoms with Gasteiger partial charge in [-0.3, -0.25) is 14.5 Å². The van der Waals surface area contributed by atoms with Gasteiger partial charge in [-0.15, -0.1) is 0 Å². The maximum absolute atomic E-state index is 12.3. The topological polar surface area (TPSA) is 63.4 Å². The van der Waals surface area contributed by atoms with Crippen LogP contribution in [0.3, 0.4) is 0 Å². The van der Waals surface area contributed by atoms with E-state index in [1.54, 1.807) is 0 Å². The standard InChI is InChI=1S/C12H16N2O2S/c13-10(17)9(6-1-2-6)14-11(15)7-3-4-8(5-7)12(14)16/h6-9H,1-5H2,(H2,13,17). The van der Waals surface area contributed by atoms with Gasteiger partial charge < -0.3 is 5.73 Å². The Labute approximate surface area is 106 Å². The van der Waals surface area contributed by atoms with E-state index in [0.29, 0.717) is 10.9 Å². The van der Waals surface area contributed by atoms with Gasteiger partial charge in [0.05, 0.1) is 11.0 Å². The van der Waals surface area contributed by atoms with Crippen molar-refractivity contribution in [3.05, 3.63) is 0 Å². The van der Waals surface area contributed by atoms with E-state index < -0.39 is 0 Å². The third-order valence-electron chi connectivity index (χ3n) is 4.24. The monoisotopic (exact) mass is 252 g/mol. The molecule has 0 aromatic carbocycles. The number of carbonyl (C=O) groups excluding carboxylic acids is 2. The summed E-state index contributed by atoms with van der Waals surface area (Å²) in [4.78, 5) is 26.2. The van der Waals surface area contributed by atoms with Gasteiger partial charge in [-0.05, 0) is 38.0 Å². The highest BCUT2D eigenvalue weighted by molar-refractivity contribution is 7.80. The SMILES string of the molecule is NC(=S)C(C1CC1)N1C(=O)C2CCC(C2)C1=O. The van der Waals surface area contributed by atoms with Crippen molar-refractivity contribution in [2.45, 2.75) is 38.1 Å². The molecular formula is C12H16N2O2S. The van der Waals surface area contributed by atoms with E-state index in [1.807, 2.05) is 0 Å². The Kier molecular flexibility index (Phi) is 2.47. The summed E-state index contributed by atoms with van der Waals surface area (Å²) >= 11 is 5.05. The summed E-state index contributed by atoms with van der Waals surface area (Å²) in [6, 6.07) is -0.312. The highest BCUT2D eigenvalue weighted by Gasteiger charge is 2.51. The Morgan fingerprint density at radius 3 is 2.12 bits per heavy atom. The number of nitrogens with zero attached hydrogens (tertiary/aromatic N) is 1. The lowest BCUT2D eigenvalue weighted by Crippen LogP contribution is -2.56. The molecule has 92 valence electrons. The average Bonchev–Trinajstić information content (AvgIpc) is 2.98. The lowest BCUT2D eigenvalue weighted by Gasteiger charge is -2.35. The van der Waals surface area contributed by atoms with Crippen molar-refractivity contribution >= 4 is 29.0 Å². The zero-order chi connectivity index (χ0) is 12.2. The van der Waals surface area contributed by atoms with Crippen LogP contribution in [0, 0.1) is 17.8 Å². The van der Waals surface area contributed by atoms with Gasteiger partial charge in [0.25, 0.3) is 0 Å². The van der Waals surface area contributed by atoms with Crippen LogP contribution in [0.2, 0.25) is 0 Å². The summed E-state index contributed by atoms with van der Waals surface area (Å²) in [5, 5.41) is 0. The minimum atomic E-state index is -0.312. The van der Waals surface area contributed by atoms with Crippen molar-refractivity contribution in [1.82, 2.24) is 4.90 Å². The van der Waals surface area contributed by atoms with Crippen LogP contribution in [-0.4, -0.2) is 27.7 Å². The molecule has 3 rings (SSSR count). The van der Waals surface area contributed by atoms with Crippen LogP contribution in [0.5, 0.6) is 0 Å². The zero-order valence-electron chi connectivity index (χ0n) is 9.59.